The van der Waals surface area contributed by atoms with E-state index in [1.54, 1.807) is 0 Å². The third-order valence-corrected chi connectivity index (χ3v) is 4.90. The standard InChI is InChI=1S/C18H24FN3O2/c1-12(13-2-3-13)10-17(23)22-9-8-16(11-22)21-18(24)20-15-6-4-14(19)5-7-15/h4-7,12-13,16H,2-3,8-11H2,1H3,(H2,20,21,24)/t12-,16+/m0/s1. The molecule has 1 saturated heterocycles. The van der Waals surface area contributed by atoms with Crippen LogP contribution in [0.5, 0.6) is 0 Å². The number of nitrogens with one attached hydrogen (secondary N) is 2. The van der Waals surface area contributed by atoms with Crippen LogP contribution in [-0.4, -0.2) is 36.0 Å². The number of amides is 3. The zero-order valence-electron chi connectivity index (χ0n) is 13.9. The molecule has 3 rings (SSSR count). The molecular formula is C18H24FN3O2. The molecule has 5 nitrogen and oxygen atoms in total. The fourth-order valence-corrected chi connectivity index (χ4v) is 3.23. The predicted octanol–water partition coefficient (Wildman–Crippen LogP) is 2.98. The maximum Gasteiger partial charge on any atom is 0.319 e. The van der Waals surface area contributed by atoms with Crippen molar-refractivity contribution in [3.63, 3.8) is 0 Å². The molecule has 24 heavy (non-hydrogen) atoms. The maximum atomic E-state index is 12.8. The molecule has 2 atom stereocenters. The van der Waals surface area contributed by atoms with Gasteiger partial charge in [-0.2, -0.15) is 0 Å². The van der Waals surface area contributed by atoms with E-state index in [0.717, 1.165) is 12.3 Å². The summed E-state index contributed by atoms with van der Waals surface area (Å²) in [6.45, 7) is 3.41. The highest BCUT2D eigenvalue weighted by Gasteiger charge is 2.32. The smallest absolute Gasteiger partial charge is 0.319 e. The molecule has 1 aromatic rings. The van der Waals surface area contributed by atoms with Gasteiger partial charge in [0.15, 0.2) is 0 Å². The van der Waals surface area contributed by atoms with E-state index in [0.29, 0.717) is 31.1 Å². The molecule has 130 valence electrons. The Kier molecular flexibility index (Phi) is 5.02. The first-order valence-electron chi connectivity index (χ1n) is 8.62. The van der Waals surface area contributed by atoms with Crippen LogP contribution in [0.1, 0.15) is 32.6 Å². The predicted molar refractivity (Wildman–Crippen MR) is 90.0 cm³/mol. The van der Waals surface area contributed by atoms with Gasteiger partial charge in [0.1, 0.15) is 5.82 Å². The number of nitrogens with zero attached hydrogens (tertiary/aromatic N) is 1. The summed E-state index contributed by atoms with van der Waals surface area (Å²) in [7, 11) is 0. The number of carbonyl (C=O) groups is 2. The second kappa shape index (κ2) is 7.20. The van der Waals surface area contributed by atoms with Crippen LogP contribution >= 0.6 is 0 Å². The molecule has 0 radical (unpaired) electrons. The van der Waals surface area contributed by atoms with Crippen molar-refractivity contribution in [2.24, 2.45) is 11.8 Å². The molecule has 1 aliphatic heterocycles. The molecule has 6 heteroatoms. The topological polar surface area (TPSA) is 61.4 Å². The van der Waals surface area contributed by atoms with Crippen LogP contribution in [0.2, 0.25) is 0 Å². The Morgan fingerprint density at radius 1 is 1.25 bits per heavy atom. The summed E-state index contributed by atoms with van der Waals surface area (Å²) in [6, 6.07) is 5.26. The van der Waals surface area contributed by atoms with Crippen molar-refractivity contribution in [3.05, 3.63) is 30.1 Å². The second-order valence-electron chi connectivity index (χ2n) is 6.95. The van der Waals surface area contributed by atoms with E-state index in [-0.39, 0.29) is 23.8 Å². The van der Waals surface area contributed by atoms with E-state index in [9.17, 15) is 14.0 Å². The van der Waals surface area contributed by atoms with Crippen LogP contribution in [0.4, 0.5) is 14.9 Å². The van der Waals surface area contributed by atoms with E-state index in [2.05, 4.69) is 17.6 Å². The van der Waals surface area contributed by atoms with Gasteiger partial charge in [0.05, 0.1) is 0 Å². The molecule has 2 N–H and O–H groups in total. The Morgan fingerprint density at radius 3 is 2.62 bits per heavy atom. The zero-order chi connectivity index (χ0) is 17.1. The lowest BCUT2D eigenvalue weighted by Crippen LogP contribution is -2.40. The quantitative estimate of drug-likeness (QED) is 0.870. The summed E-state index contributed by atoms with van der Waals surface area (Å²) in [4.78, 5) is 26.1. The third kappa shape index (κ3) is 4.46. The third-order valence-electron chi connectivity index (χ3n) is 4.90. The lowest BCUT2D eigenvalue weighted by Gasteiger charge is -2.19. The number of anilines is 1. The van der Waals surface area contributed by atoms with Crippen molar-refractivity contribution < 1.29 is 14.0 Å². The molecular weight excluding hydrogens is 309 g/mol. The lowest BCUT2D eigenvalue weighted by atomic mass is 10.0. The zero-order valence-corrected chi connectivity index (χ0v) is 13.9. The number of rotatable bonds is 5. The highest BCUT2D eigenvalue weighted by atomic mass is 19.1. The molecule has 1 saturated carbocycles. The molecule has 1 aromatic carbocycles. The van der Waals surface area contributed by atoms with Crippen LogP contribution in [0, 0.1) is 17.7 Å². The molecule has 2 fully saturated rings. The van der Waals surface area contributed by atoms with E-state index in [1.807, 2.05) is 4.90 Å². The lowest BCUT2D eigenvalue weighted by molar-refractivity contribution is -0.131. The number of benzene rings is 1. The Morgan fingerprint density at radius 2 is 1.96 bits per heavy atom. The second-order valence-corrected chi connectivity index (χ2v) is 6.95. The summed E-state index contributed by atoms with van der Waals surface area (Å²) in [5.41, 5.74) is 0.540. The molecule has 0 bridgehead atoms. The highest BCUT2D eigenvalue weighted by molar-refractivity contribution is 5.89. The number of likely N-dealkylation sites (tertiary alicyclic amines) is 1. The van der Waals surface area contributed by atoms with Crippen LogP contribution in [-0.2, 0) is 4.79 Å². The number of urea groups is 1. The number of hydrogen-bond acceptors (Lipinski definition) is 2. The first kappa shape index (κ1) is 16.7. The Labute approximate surface area is 141 Å². The Bertz CT molecular complexity index is 601. The number of halogens is 1. The van der Waals surface area contributed by atoms with E-state index in [4.69, 9.17) is 0 Å². The molecule has 1 heterocycles. The molecule has 0 unspecified atom stereocenters. The first-order valence-corrected chi connectivity index (χ1v) is 8.62. The van der Waals surface area contributed by atoms with Gasteiger partial charge in [0.25, 0.3) is 0 Å². The Balaban J connectivity index is 1.42. The normalized spacial score (nSPS) is 21.4. The average molecular weight is 333 g/mol. The van der Waals surface area contributed by atoms with Crippen molar-refractivity contribution in [2.45, 2.75) is 38.6 Å². The van der Waals surface area contributed by atoms with Gasteiger partial charge >= 0.3 is 6.03 Å². The van der Waals surface area contributed by atoms with Crippen molar-refractivity contribution in [2.75, 3.05) is 18.4 Å². The highest BCUT2D eigenvalue weighted by Crippen LogP contribution is 2.38. The maximum absolute atomic E-state index is 12.8. The summed E-state index contributed by atoms with van der Waals surface area (Å²) >= 11 is 0. The van der Waals surface area contributed by atoms with E-state index in [1.165, 1.54) is 37.1 Å². The fraction of sp³-hybridized carbons (Fsp3) is 0.556. The van der Waals surface area contributed by atoms with Gasteiger partial charge in [0.2, 0.25) is 5.91 Å². The molecule has 0 spiro atoms. The van der Waals surface area contributed by atoms with E-state index < -0.39 is 0 Å². The minimum absolute atomic E-state index is 0.0365. The van der Waals surface area contributed by atoms with Gasteiger partial charge < -0.3 is 15.5 Å². The number of carbonyl (C=O) groups excluding carboxylic acids is 2. The summed E-state index contributed by atoms with van der Waals surface area (Å²) in [5, 5.41) is 5.55. The van der Waals surface area contributed by atoms with Gasteiger partial charge in [-0.15, -0.1) is 0 Å². The van der Waals surface area contributed by atoms with Crippen LogP contribution < -0.4 is 10.6 Å². The molecule has 3 amide bonds. The van der Waals surface area contributed by atoms with Gasteiger partial charge in [-0.25, -0.2) is 9.18 Å². The van der Waals surface area contributed by atoms with Crippen molar-refractivity contribution in [1.29, 1.82) is 0 Å². The summed E-state index contributed by atoms with van der Waals surface area (Å²) < 4.78 is 12.8. The minimum atomic E-state index is -0.341. The van der Waals surface area contributed by atoms with Crippen molar-refractivity contribution in [1.82, 2.24) is 10.2 Å². The molecule has 2 aliphatic rings. The SMILES string of the molecule is C[C@@H](CC(=O)N1CC[C@@H](NC(=O)Nc2ccc(F)cc2)C1)C1CC1. The van der Waals surface area contributed by atoms with Crippen molar-refractivity contribution in [3.8, 4) is 0 Å². The van der Waals surface area contributed by atoms with Gasteiger partial charge in [-0.1, -0.05) is 6.92 Å². The summed E-state index contributed by atoms with van der Waals surface area (Å²) in [6.07, 6.45) is 3.88. The van der Waals surface area contributed by atoms with Gasteiger partial charge in [-0.3, -0.25) is 4.79 Å². The first-order chi connectivity index (χ1) is 11.5. The average Bonchev–Trinajstić information content (AvgIpc) is 3.30. The summed E-state index contributed by atoms with van der Waals surface area (Å²) in [5.74, 6) is 1.04. The van der Waals surface area contributed by atoms with E-state index >= 15 is 0 Å². The molecule has 0 aromatic heterocycles. The Hall–Kier alpha value is -2.11. The monoisotopic (exact) mass is 333 g/mol. The van der Waals surface area contributed by atoms with Crippen LogP contribution in [0.25, 0.3) is 0 Å². The van der Waals surface area contributed by atoms with Crippen LogP contribution in [0.3, 0.4) is 0 Å². The van der Waals surface area contributed by atoms with Crippen molar-refractivity contribution >= 4 is 17.6 Å². The van der Waals surface area contributed by atoms with Gasteiger partial charge in [-0.05, 0) is 55.4 Å². The van der Waals surface area contributed by atoms with Gasteiger partial charge in [0, 0.05) is 31.2 Å². The van der Waals surface area contributed by atoms with Crippen LogP contribution in [0.15, 0.2) is 24.3 Å². The number of hydrogen-bond donors (Lipinski definition) is 2. The molecule has 1 aliphatic carbocycles. The fourth-order valence-electron chi connectivity index (χ4n) is 3.23. The largest absolute Gasteiger partial charge is 0.341 e. The minimum Gasteiger partial charge on any atom is -0.341 e.